The van der Waals surface area contributed by atoms with Crippen LogP contribution in [0.4, 0.5) is 0 Å². The predicted octanol–water partition coefficient (Wildman–Crippen LogP) is 4.03. The van der Waals surface area contributed by atoms with Gasteiger partial charge >= 0.3 is 6.01 Å². The molecule has 0 bridgehead atoms. The van der Waals surface area contributed by atoms with Gasteiger partial charge in [-0.15, -0.1) is 0 Å². The van der Waals surface area contributed by atoms with E-state index in [9.17, 15) is 5.11 Å². The minimum absolute atomic E-state index is 0.375. The molecule has 0 radical (unpaired) electrons. The number of rotatable bonds is 12. The lowest BCUT2D eigenvalue weighted by atomic mass is 10.1. The van der Waals surface area contributed by atoms with Crippen LogP contribution in [0.1, 0.15) is 43.7 Å². The summed E-state index contributed by atoms with van der Waals surface area (Å²) >= 11 is 0. The lowest BCUT2D eigenvalue weighted by Crippen LogP contribution is -2.02. The fourth-order valence-electron chi connectivity index (χ4n) is 2.43. The minimum Gasteiger partial charge on any atom is -0.464 e. The van der Waals surface area contributed by atoms with Gasteiger partial charge in [-0.3, -0.25) is 0 Å². The zero-order valence-corrected chi connectivity index (χ0v) is 15.4. The van der Waals surface area contributed by atoms with Crippen molar-refractivity contribution in [1.82, 2.24) is 9.97 Å². The maximum atomic E-state index is 10.0. The van der Waals surface area contributed by atoms with Crippen LogP contribution in [0.15, 0.2) is 48.8 Å². The van der Waals surface area contributed by atoms with Gasteiger partial charge < -0.3 is 14.6 Å². The molecule has 0 fully saturated rings. The first-order chi connectivity index (χ1) is 12.8. The van der Waals surface area contributed by atoms with Crippen LogP contribution in [0.25, 0.3) is 6.08 Å². The van der Waals surface area contributed by atoms with E-state index in [4.69, 9.17) is 9.47 Å². The molecule has 140 valence electrons. The molecule has 1 atom stereocenters. The molecule has 1 N–H and O–H groups in total. The van der Waals surface area contributed by atoms with Crippen molar-refractivity contribution in [2.45, 2.75) is 45.3 Å². The molecule has 5 nitrogen and oxygen atoms in total. The van der Waals surface area contributed by atoms with Crippen LogP contribution in [0.5, 0.6) is 6.01 Å². The fourth-order valence-corrected chi connectivity index (χ4v) is 2.43. The Hall–Kier alpha value is -2.24. The van der Waals surface area contributed by atoms with E-state index in [0.29, 0.717) is 19.2 Å². The van der Waals surface area contributed by atoms with E-state index in [2.05, 4.69) is 22.1 Å². The summed E-state index contributed by atoms with van der Waals surface area (Å²) < 4.78 is 10.9. The Balaban J connectivity index is 1.53. The van der Waals surface area contributed by atoms with Crippen LogP contribution >= 0.6 is 0 Å². The zero-order chi connectivity index (χ0) is 18.5. The van der Waals surface area contributed by atoms with Gasteiger partial charge in [0.1, 0.15) is 0 Å². The average molecular weight is 356 g/mol. The van der Waals surface area contributed by atoms with Gasteiger partial charge in [0.2, 0.25) is 0 Å². The Morgan fingerprint density at radius 3 is 2.58 bits per heavy atom. The normalized spacial score (nSPS) is 12.4. The van der Waals surface area contributed by atoms with Gasteiger partial charge in [0.25, 0.3) is 0 Å². The Morgan fingerprint density at radius 1 is 1.08 bits per heavy atom. The van der Waals surface area contributed by atoms with Crippen molar-refractivity contribution in [1.29, 1.82) is 0 Å². The van der Waals surface area contributed by atoms with E-state index in [1.807, 2.05) is 31.2 Å². The van der Waals surface area contributed by atoms with E-state index < -0.39 is 6.10 Å². The molecule has 0 aliphatic heterocycles. The maximum Gasteiger partial charge on any atom is 0.316 e. The number of nitrogens with zero attached hydrogens (tertiary/aromatic N) is 2. The molecule has 0 amide bonds. The monoisotopic (exact) mass is 356 g/mol. The SMILES string of the molecule is CCOc1ncc(/C=C/[C@H](O)CCCCCOCc2ccccc2)cn1. The van der Waals surface area contributed by atoms with Crippen molar-refractivity contribution in [2.75, 3.05) is 13.2 Å². The number of hydrogen-bond acceptors (Lipinski definition) is 5. The van der Waals surface area contributed by atoms with Gasteiger partial charge in [-0.1, -0.05) is 55.3 Å². The summed E-state index contributed by atoms with van der Waals surface area (Å²) in [6.07, 6.45) is 10.3. The Labute approximate surface area is 155 Å². The molecule has 5 heteroatoms. The molecule has 0 unspecified atom stereocenters. The summed E-state index contributed by atoms with van der Waals surface area (Å²) in [5, 5.41) is 10.0. The third kappa shape index (κ3) is 8.23. The summed E-state index contributed by atoms with van der Waals surface area (Å²) in [7, 11) is 0. The van der Waals surface area contributed by atoms with Crippen molar-refractivity contribution in [3.63, 3.8) is 0 Å². The van der Waals surface area contributed by atoms with E-state index in [1.165, 1.54) is 5.56 Å². The summed E-state index contributed by atoms with van der Waals surface area (Å²) in [6.45, 7) is 3.86. The van der Waals surface area contributed by atoms with Gasteiger partial charge in [0.15, 0.2) is 0 Å². The van der Waals surface area contributed by atoms with E-state index >= 15 is 0 Å². The molecular formula is C21H28N2O3. The molecule has 1 aromatic heterocycles. The Morgan fingerprint density at radius 2 is 1.85 bits per heavy atom. The van der Waals surface area contributed by atoms with Gasteiger partial charge in [-0.2, -0.15) is 0 Å². The smallest absolute Gasteiger partial charge is 0.316 e. The minimum atomic E-state index is -0.452. The predicted molar refractivity (Wildman–Crippen MR) is 103 cm³/mol. The van der Waals surface area contributed by atoms with Gasteiger partial charge in [-0.25, -0.2) is 9.97 Å². The summed E-state index contributed by atoms with van der Waals surface area (Å²) in [5.41, 5.74) is 2.05. The maximum absolute atomic E-state index is 10.0. The number of unbranched alkanes of at least 4 members (excludes halogenated alkanes) is 2. The first kappa shape index (κ1) is 20.1. The zero-order valence-electron chi connectivity index (χ0n) is 15.4. The van der Waals surface area contributed by atoms with Crippen molar-refractivity contribution < 1.29 is 14.6 Å². The Kier molecular flexibility index (Phi) is 9.40. The number of hydrogen-bond donors (Lipinski definition) is 1. The molecule has 0 saturated heterocycles. The van der Waals surface area contributed by atoms with Gasteiger partial charge in [-0.05, 0) is 25.3 Å². The number of benzene rings is 1. The standard InChI is InChI=1S/C21H28N2O3/c1-2-26-21-22-15-19(16-23-21)12-13-20(24)11-7-4-8-14-25-17-18-9-5-3-6-10-18/h3,5-6,9-10,12-13,15-16,20,24H,2,4,7-8,11,14,17H2,1H3/b13-12+/t20-/m1/s1. The molecular weight excluding hydrogens is 328 g/mol. The second kappa shape index (κ2) is 12.2. The van der Waals surface area contributed by atoms with Crippen molar-refractivity contribution >= 4 is 6.08 Å². The highest BCUT2D eigenvalue weighted by molar-refractivity contribution is 5.47. The molecule has 26 heavy (non-hydrogen) atoms. The van der Waals surface area contributed by atoms with E-state index in [0.717, 1.165) is 37.9 Å². The third-order valence-corrected chi connectivity index (χ3v) is 3.83. The van der Waals surface area contributed by atoms with E-state index in [1.54, 1.807) is 18.5 Å². The lowest BCUT2D eigenvalue weighted by molar-refractivity contribution is 0.115. The van der Waals surface area contributed by atoms with Crippen molar-refractivity contribution in [3.8, 4) is 6.01 Å². The average Bonchev–Trinajstić information content (AvgIpc) is 2.68. The molecule has 2 rings (SSSR count). The Bertz CT molecular complexity index is 629. The first-order valence-corrected chi connectivity index (χ1v) is 9.20. The number of aromatic nitrogens is 2. The summed E-state index contributed by atoms with van der Waals surface area (Å²) in [6, 6.07) is 10.6. The second-order valence-corrected chi connectivity index (χ2v) is 6.05. The molecule has 0 aliphatic rings. The number of aliphatic hydroxyl groups excluding tert-OH is 1. The number of ether oxygens (including phenoxy) is 2. The molecule has 2 aromatic rings. The topological polar surface area (TPSA) is 64.5 Å². The van der Waals surface area contributed by atoms with Crippen LogP contribution in [0, 0.1) is 0 Å². The highest BCUT2D eigenvalue weighted by Crippen LogP contribution is 2.09. The van der Waals surface area contributed by atoms with Crippen molar-refractivity contribution in [3.05, 3.63) is 59.9 Å². The molecule has 1 heterocycles. The highest BCUT2D eigenvalue weighted by atomic mass is 16.5. The van der Waals surface area contributed by atoms with Gasteiger partial charge in [0, 0.05) is 24.6 Å². The summed E-state index contributed by atoms with van der Waals surface area (Å²) in [4.78, 5) is 8.18. The number of aliphatic hydroxyl groups is 1. The molecule has 0 aliphatic carbocycles. The fraction of sp³-hybridized carbons (Fsp3) is 0.429. The van der Waals surface area contributed by atoms with Crippen molar-refractivity contribution in [2.24, 2.45) is 0 Å². The van der Waals surface area contributed by atoms with Crippen LogP contribution < -0.4 is 4.74 Å². The lowest BCUT2D eigenvalue weighted by Gasteiger charge is -2.07. The van der Waals surface area contributed by atoms with Gasteiger partial charge in [0.05, 0.1) is 19.3 Å². The highest BCUT2D eigenvalue weighted by Gasteiger charge is 2.00. The molecule has 0 saturated carbocycles. The largest absolute Gasteiger partial charge is 0.464 e. The third-order valence-electron chi connectivity index (χ3n) is 3.83. The van der Waals surface area contributed by atoms with Crippen LogP contribution in [-0.4, -0.2) is 34.4 Å². The quantitative estimate of drug-likeness (QED) is 0.582. The first-order valence-electron chi connectivity index (χ1n) is 9.20. The van der Waals surface area contributed by atoms with Crippen LogP contribution in [0.2, 0.25) is 0 Å². The summed E-state index contributed by atoms with van der Waals surface area (Å²) in [5.74, 6) is 0. The molecule has 0 spiro atoms. The van der Waals surface area contributed by atoms with E-state index in [-0.39, 0.29) is 0 Å². The second-order valence-electron chi connectivity index (χ2n) is 6.05. The van der Waals surface area contributed by atoms with Crippen LogP contribution in [-0.2, 0) is 11.3 Å². The van der Waals surface area contributed by atoms with Crippen LogP contribution in [0.3, 0.4) is 0 Å². The molecule has 1 aromatic carbocycles.